The SMILES string of the molecule is COc1ccc(Cl)cc1Nc1cccc(C(C)=O)c1. The number of benzene rings is 2. The molecule has 98 valence electrons. The van der Waals surface area contributed by atoms with E-state index in [1.807, 2.05) is 12.1 Å². The largest absolute Gasteiger partial charge is 0.495 e. The number of hydrogen-bond acceptors (Lipinski definition) is 3. The minimum absolute atomic E-state index is 0.0294. The van der Waals surface area contributed by atoms with Crippen LogP contribution in [0.25, 0.3) is 0 Å². The number of hydrogen-bond donors (Lipinski definition) is 1. The van der Waals surface area contributed by atoms with Gasteiger partial charge in [-0.15, -0.1) is 0 Å². The summed E-state index contributed by atoms with van der Waals surface area (Å²) >= 11 is 5.97. The maximum atomic E-state index is 11.4. The first-order valence-electron chi connectivity index (χ1n) is 5.81. The van der Waals surface area contributed by atoms with E-state index in [0.717, 1.165) is 11.4 Å². The summed E-state index contributed by atoms with van der Waals surface area (Å²) < 4.78 is 5.26. The van der Waals surface area contributed by atoms with Crippen LogP contribution in [0.3, 0.4) is 0 Å². The number of methoxy groups -OCH3 is 1. The molecule has 2 rings (SSSR count). The summed E-state index contributed by atoms with van der Waals surface area (Å²) in [5, 5.41) is 3.81. The van der Waals surface area contributed by atoms with Crippen LogP contribution >= 0.6 is 11.6 Å². The first-order valence-corrected chi connectivity index (χ1v) is 6.19. The molecular formula is C15H14ClNO2. The Hall–Kier alpha value is -2.00. The fourth-order valence-corrected chi connectivity index (χ4v) is 1.92. The topological polar surface area (TPSA) is 38.3 Å². The van der Waals surface area contributed by atoms with Crippen LogP contribution in [-0.4, -0.2) is 12.9 Å². The van der Waals surface area contributed by atoms with Crippen LogP contribution in [0.15, 0.2) is 42.5 Å². The van der Waals surface area contributed by atoms with Crippen molar-refractivity contribution in [2.24, 2.45) is 0 Å². The molecule has 1 N–H and O–H groups in total. The summed E-state index contributed by atoms with van der Waals surface area (Å²) in [4.78, 5) is 11.4. The Morgan fingerprint density at radius 2 is 2.00 bits per heavy atom. The van der Waals surface area contributed by atoms with Gasteiger partial charge in [0.1, 0.15) is 5.75 Å². The van der Waals surface area contributed by atoms with Gasteiger partial charge in [-0.3, -0.25) is 4.79 Å². The van der Waals surface area contributed by atoms with E-state index in [0.29, 0.717) is 16.3 Å². The maximum Gasteiger partial charge on any atom is 0.159 e. The molecule has 0 aliphatic heterocycles. The van der Waals surface area contributed by atoms with Gasteiger partial charge < -0.3 is 10.1 Å². The van der Waals surface area contributed by atoms with Crippen molar-refractivity contribution < 1.29 is 9.53 Å². The lowest BCUT2D eigenvalue weighted by Gasteiger charge is -2.12. The molecule has 0 saturated heterocycles. The lowest BCUT2D eigenvalue weighted by Crippen LogP contribution is -1.97. The van der Waals surface area contributed by atoms with E-state index in [-0.39, 0.29) is 5.78 Å². The first-order chi connectivity index (χ1) is 9.10. The Balaban J connectivity index is 2.33. The Morgan fingerprint density at radius 1 is 1.21 bits per heavy atom. The predicted octanol–water partition coefficient (Wildman–Crippen LogP) is 4.29. The van der Waals surface area contributed by atoms with Crippen LogP contribution in [0.5, 0.6) is 5.75 Å². The summed E-state index contributed by atoms with van der Waals surface area (Å²) in [6.07, 6.45) is 0. The number of ketones is 1. The third-order valence-electron chi connectivity index (χ3n) is 2.71. The van der Waals surface area contributed by atoms with Gasteiger partial charge in [-0.1, -0.05) is 23.7 Å². The first kappa shape index (κ1) is 13.4. The van der Waals surface area contributed by atoms with Crippen molar-refractivity contribution in [1.82, 2.24) is 0 Å². The second-order valence-corrected chi connectivity index (χ2v) is 4.54. The molecule has 4 heteroatoms. The fourth-order valence-electron chi connectivity index (χ4n) is 1.75. The lowest BCUT2D eigenvalue weighted by atomic mass is 10.1. The van der Waals surface area contributed by atoms with Gasteiger partial charge in [-0.2, -0.15) is 0 Å². The molecule has 0 radical (unpaired) electrons. The molecule has 0 saturated carbocycles. The molecule has 0 aliphatic carbocycles. The summed E-state index contributed by atoms with van der Waals surface area (Å²) in [5.41, 5.74) is 2.23. The van der Waals surface area contributed by atoms with Gasteiger partial charge in [-0.05, 0) is 37.3 Å². The normalized spacial score (nSPS) is 10.1. The van der Waals surface area contributed by atoms with Gasteiger partial charge in [0.25, 0.3) is 0 Å². The average molecular weight is 276 g/mol. The molecule has 0 heterocycles. The van der Waals surface area contributed by atoms with Crippen molar-refractivity contribution in [2.75, 3.05) is 12.4 Å². The van der Waals surface area contributed by atoms with Gasteiger partial charge in [-0.25, -0.2) is 0 Å². The molecular weight excluding hydrogens is 262 g/mol. The highest BCUT2D eigenvalue weighted by molar-refractivity contribution is 6.31. The third-order valence-corrected chi connectivity index (χ3v) is 2.94. The standard InChI is InChI=1S/C15H14ClNO2/c1-10(18)11-4-3-5-13(8-11)17-14-9-12(16)6-7-15(14)19-2/h3-9,17H,1-2H3. The minimum Gasteiger partial charge on any atom is -0.495 e. The van der Waals surface area contributed by atoms with Crippen molar-refractivity contribution in [3.63, 3.8) is 0 Å². The number of anilines is 2. The van der Waals surface area contributed by atoms with E-state index in [4.69, 9.17) is 16.3 Å². The van der Waals surface area contributed by atoms with Crippen LogP contribution in [0.2, 0.25) is 5.02 Å². The Bertz CT molecular complexity index is 611. The van der Waals surface area contributed by atoms with E-state index in [9.17, 15) is 4.79 Å². The smallest absolute Gasteiger partial charge is 0.159 e. The van der Waals surface area contributed by atoms with Crippen LogP contribution in [-0.2, 0) is 0 Å². The monoisotopic (exact) mass is 275 g/mol. The van der Waals surface area contributed by atoms with Crippen LogP contribution in [0, 0.1) is 0 Å². The van der Waals surface area contributed by atoms with E-state index in [2.05, 4.69) is 5.32 Å². The highest BCUT2D eigenvalue weighted by atomic mass is 35.5. The lowest BCUT2D eigenvalue weighted by molar-refractivity contribution is 0.101. The predicted molar refractivity (Wildman–Crippen MR) is 77.7 cm³/mol. The zero-order chi connectivity index (χ0) is 13.8. The zero-order valence-electron chi connectivity index (χ0n) is 10.7. The van der Waals surface area contributed by atoms with E-state index in [1.165, 1.54) is 0 Å². The van der Waals surface area contributed by atoms with Crippen molar-refractivity contribution in [3.8, 4) is 5.75 Å². The number of Topliss-reactive ketones (excluding diaryl/α,β-unsaturated/α-hetero) is 1. The second kappa shape index (κ2) is 5.76. The van der Waals surface area contributed by atoms with Crippen molar-refractivity contribution in [1.29, 1.82) is 0 Å². The number of nitrogens with one attached hydrogen (secondary N) is 1. The Morgan fingerprint density at radius 3 is 2.68 bits per heavy atom. The highest BCUT2D eigenvalue weighted by Crippen LogP contribution is 2.30. The van der Waals surface area contributed by atoms with Crippen molar-refractivity contribution >= 4 is 28.8 Å². The van der Waals surface area contributed by atoms with E-state index in [1.54, 1.807) is 44.4 Å². The molecule has 0 aromatic heterocycles. The molecule has 0 unspecified atom stereocenters. The number of rotatable bonds is 4. The Kier molecular flexibility index (Phi) is 4.07. The average Bonchev–Trinajstić information content (AvgIpc) is 2.39. The van der Waals surface area contributed by atoms with E-state index >= 15 is 0 Å². The summed E-state index contributed by atoms with van der Waals surface area (Å²) in [5.74, 6) is 0.722. The van der Waals surface area contributed by atoms with Crippen molar-refractivity contribution in [2.45, 2.75) is 6.92 Å². The zero-order valence-corrected chi connectivity index (χ0v) is 11.5. The molecule has 0 amide bonds. The van der Waals surface area contributed by atoms with Gasteiger partial charge in [0.2, 0.25) is 0 Å². The summed E-state index contributed by atoms with van der Waals surface area (Å²) in [6.45, 7) is 1.54. The van der Waals surface area contributed by atoms with Gasteiger partial charge >= 0.3 is 0 Å². The molecule has 0 spiro atoms. The number of halogens is 1. The molecule has 2 aromatic carbocycles. The van der Waals surface area contributed by atoms with Gasteiger partial charge in [0.05, 0.1) is 12.8 Å². The van der Waals surface area contributed by atoms with Gasteiger partial charge in [0.15, 0.2) is 5.78 Å². The van der Waals surface area contributed by atoms with Crippen LogP contribution < -0.4 is 10.1 Å². The van der Waals surface area contributed by atoms with Crippen molar-refractivity contribution in [3.05, 3.63) is 53.1 Å². The van der Waals surface area contributed by atoms with E-state index < -0.39 is 0 Å². The molecule has 0 fully saturated rings. The molecule has 3 nitrogen and oxygen atoms in total. The molecule has 0 atom stereocenters. The maximum absolute atomic E-state index is 11.4. The summed E-state index contributed by atoms with van der Waals surface area (Å²) in [6, 6.07) is 12.6. The number of ether oxygens (including phenoxy) is 1. The van der Waals surface area contributed by atoms with Crippen LogP contribution in [0.4, 0.5) is 11.4 Å². The second-order valence-electron chi connectivity index (χ2n) is 4.11. The fraction of sp³-hybridized carbons (Fsp3) is 0.133. The third kappa shape index (κ3) is 3.26. The Labute approximate surface area is 117 Å². The summed E-state index contributed by atoms with van der Waals surface area (Å²) in [7, 11) is 1.60. The number of carbonyl (C=O) groups excluding carboxylic acids is 1. The minimum atomic E-state index is 0.0294. The quantitative estimate of drug-likeness (QED) is 0.846. The van der Waals surface area contributed by atoms with Gasteiger partial charge in [0, 0.05) is 16.3 Å². The molecule has 19 heavy (non-hydrogen) atoms. The molecule has 0 aliphatic rings. The molecule has 2 aromatic rings. The van der Waals surface area contributed by atoms with Crippen LogP contribution in [0.1, 0.15) is 17.3 Å². The molecule has 0 bridgehead atoms. The number of carbonyl (C=O) groups is 1. The highest BCUT2D eigenvalue weighted by Gasteiger charge is 2.05.